The average Bonchev–Trinajstić information content (AvgIpc) is 2.68. The highest BCUT2D eigenvalue weighted by atomic mass is 16.1. The summed E-state index contributed by atoms with van der Waals surface area (Å²) in [6.45, 7) is 15.5. The summed E-state index contributed by atoms with van der Waals surface area (Å²) < 4.78 is 0. The maximum atomic E-state index is 13.3. The molecule has 0 radical (unpaired) electrons. The fourth-order valence-corrected chi connectivity index (χ4v) is 3.67. The predicted octanol–water partition coefficient (Wildman–Crippen LogP) is 5.08. The first kappa shape index (κ1) is 21.5. The van der Waals surface area contributed by atoms with Crippen molar-refractivity contribution in [2.45, 2.75) is 66.8 Å². The van der Waals surface area contributed by atoms with Gasteiger partial charge in [0.2, 0.25) is 0 Å². The van der Waals surface area contributed by atoms with Crippen molar-refractivity contribution in [3.8, 4) is 0 Å². The van der Waals surface area contributed by atoms with Crippen LogP contribution >= 0.6 is 0 Å². The maximum Gasteiger partial charge on any atom is 0.194 e. The predicted molar refractivity (Wildman–Crippen MR) is 118 cm³/mol. The van der Waals surface area contributed by atoms with Gasteiger partial charge in [-0.3, -0.25) is 9.69 Å². The van der Waals surface area contributed by atoms with Crippen molar-refractivity contribution in [2.75, 3.05) is 31.1 Å². The van der Waals surface area contributed by atoms with Crippen LogP contribution in [-0.2, 0) is 6.54 Å². The Kier molecular flexibility index (Phi) is 8.36. The van der Waals surface area contributed by atoms with Crippen molar-refractivity contribution >= 4 is 16.6 Å². The SMILES string of the molecule is CCCCN(CCCC)Cc1c(C)[nH]c2ccc(N(CC)CC)cc2c1=O. The highest BCUT2D eigenvalue weighted by Crippen LogP contribution is 2.21. The molecule has 2 rings (SSSR count). The van der Waals surface area contributed by atoms with Gasteiger partial charge in [0.15, 0.2) is 5.43 Å². The van der Waals surface area contributed by atoms with Gasteiger partial charge in [-0.05, 0) is 64.9 Å². The lowest BCUT2D eigenvalue weighted by molar-refractivity contribution is 0.256. The minimum Gasteiger partial charge on any atom is -0.372 e. The van der Waals surface area contributed by atoms with E-state index < -0.39 is 0 Å². The molecule has 0 unspecified atom stereocenters. The Hall–Kier alpha value is -1.81. The van der Waals surface area contributed by atoms with E-state index in [1.807, 2.05) is 13.0 Å². The molecule has 0 aliphatic heterocycles. The Morgan fingerprint density at radius 3 is 2.15 bits per heavy atom. The van der Waals surface area contributed by atoms with Gasteiger partial charge in [0.25, 0.3) is 0 Å². The van der Waals surface area contributed by atoms with E-state index in [-0.39, 0.29) is 5.43 Å². The first-order valence-electron chi connectivity index (χ1n) is 10.7. The number of benzene rings is 1. The van der Waals surface area contributed by atoms with Crippen LogP contribution in [0.2, 0.25) is 0 Å². The van der Waals surface area contributed by atoms with Gasteiger partial charge in [0.1, 0.15) is 0 Å². The van der Waals surface area contributed by atoms with Crippen molar-refractivity contribution < 1.29 is 0 Å². The molecule has 0 bridgehead atoms. The summed E-state index contributed by atoms with van der Waals surface area (Å²) in [4.78, 5) is 21.5. The molecule has 0 aliphatic carbocycles. The van der Waals surface area contributed by atoms with Crippen LogP contribution in [0, 0.1) is 6.92 Å². The van der Waals surface area contributed by atoms with Crippen molar-refractivity contribution in [1.82, 2.24) is 9.88 Å². The minimum absolute atomic E-state index is 0.188. The number of pyridine rings is 1. The molecule has 1 heterocycles. The largest absolute Gasteiger partial charge is 0.372 e. The third-order valence-electron chi connectivity index (χ3n) is 5.46. The lowest BCUT2D eigenvalue weighted by atomic mass is 10.1. The molecule has 0 atom stereocenters. The number of aromatic amines is 1. The van der Waals surface area contributed by atoms with E-state index in [2.05, 4.69) is 54.6 Å². The summed E-state index contributed by atoms with van der Waals surface area (Å²) in [5.74, 6) is 0. The molecule has 0 spiro atoms. The minimum atomic E-state index is 0.188. The first-order chi connectivity index (χ1) is 13.0. The molecule has 1 aromatic carbocycles. The average molecular weight is 372 g/mol. The summed E-state index contributed by atoms with van der Waals surface area (Å²) in [6, 6.07) is 6.22. The summed E-state index contributed by atoms with van der Waals surface area (Å²) >= 11 is 0. The van der Waals surface area contributed by atoms with Gasteiger partial charge in [-0.2, -0.15) is 0 Å². The van der Waals surface area contributed by atoms with Gasteiger partial charge in [0, 0.05) is 47.5 Å². The van der Waals surface area contributed by atoms with Gasteiger partial charge >= 0.3 is 0 Å². The normalized spacial score (nSPS) is 11.5. The second kappa shape index (κ2) is 10.5. The molecular formula is C23H37N3O. The zero-order chi connectivity index (χ0) is 19.8. The zero-order valence-corrected chi connectivity index (χ0v) is 17.9. The number of H-pyrrole nitrogens is 1. The Balaban J connectivity index is 2.41. The van der Waals surface area contributed by atoms with Crippen LogP contribution in [0.25, 0.3) is 10.9 Å². The quantitative estimate of drug-likeness (QED) is 0.598. The molecule has 0 aliphatic rings. The third-order valence-corrected chi connectivity index (χ3v) is 5.46. The lowest BCUT2D eigenvalue weighted by Crippen LogP contribution is -2.29. The van der Waals surface area contributed by atoms with Gasteiger partial charge in [-0.1, -0.05) is 26.7 Å². The molecule has 0 saturated heterocycles. The Morgan fingerprint density at radius 1 is 0.963 bits per heavy atom. The number of hydrogen-bond donors (Lipinski definition) is 1. The van der Waals surface area contributed by atoms with Crippen LogP contribution in [0.5, 0.6) is 0 Å². The standard InChI is InChI=1S/C23H37N3O/c1-6-10-14-25(15-11-7-2)17-21-18(5)24-22-13-12-19(26(8-3)9-4)16-20(22)23(21)27/h12-13,16H,6-11,14-15,17H2,1-5H3,(H,24,27). The van der Waals surface area contributed by atoms with E-state index in [4.69, 9.17) is 0 Å². The number of aromatic nitrogens is 1. The van der Waals surface area contributed by atoms with E-state index >= 15 is 0 Å². The third kappa shape index (κ3) is 5.35. The maximum absolute atomic E-state index is 13.3. The van der Waals surface area contributed by atoms with Gasteiger partial charge in [0.05, 0.1) is 0 Å². The van der Waals surface area contributed by atoms with Crippen LogP contribution < -0.4 is 10.3 Å². The summed E-state index contributed by atoms with van der Waals surface area (Å²) in [5.41, 5.74) is 4.17. The number of nitrogens with zero attached hydrogens (tertiary/aromatic N) is 2. The highest BCUT2D eigenvalue weighted by Gasteiger charge is 2.14. The number of unbranched alkanes of at least 4 members (excludes halogenated alkanes) is 2. The van der Waals surface area contributed by atoms with Crippen molar-refractivity contribution in [3.05, 3.63) is 39.7 Å². The van der Waals surface area contributed by atoms with Crippen molar-refractivity contribution in [3.63, 3.8) is 0 Å². The Labute approximate surface area is 164 Å². The van der Waals surface area contributed by atoms with Crippen LogP contribution in [-0.4, -0.2) is 36.1 Å². The van der Waals surface area contributed by atoms with E-state index in [9.17, 15) is 4.79 Å². The van der Waals surface area contributed by atoms with Gasteiger partial charge in [-0.25, -0.2) is 0 Å². The molecule has 1 N–H and O–H groups in total. The van der Waals surface area contributed by atoms with Crippen molar-refractivity contribution in [2.24, 2.45) is 0 Å². The molecule has 0 saturated carbocycles. The summed E-state index contributed by atoms with van der Waals surface area (Å²) in [5, 5.41) is 0.811. The smallest absolute Gasteiger partial charge is 0.194 e. The number of fused-ring (bicyclic) bond motifs is 1. The topological polar surface area (TPSA) is 39.3 Å². The molecule has 1 aromatic heterocycles. The lowest BCUT2D eigenvalue weighted by Gasteiger charge is -2.23. The van der Waals surface area contributed by atoms with Crippen LogP contribution in [0.1, 0.15) is 64.6 Å². The van der Waals surface area contributed by atoms with E-state index in [1.54, 1.807) is 0 Å². The molecule has 150 valence electrons. The number of rotatable bonds is 11. The summed E-state index contributed by atoms with van der Waals surface area (Å²) in [7, 11) is 0. The zero-order valence-electron chi connectivity index (χ0n) is 17.9. The van der Waals surface area contributed by atoms with Gasteiger partial charge in [-0.15, -0.1) is 0 Å². The number of hydrogen-bond acceptors (Lipinski definition) is 3. The highest BCUT2D eigenvalue weighted by molar-refractivity contribution is 5.83. The molecule has 4 nitrogen and oxygen atoms in total. The molecule has 0 fully saturated rings. The van der Waals surface area contributed by atoms with E-state index in [0.29, 0.717) is 0 Å². The molecular weight excluding hydrogens is 334 g/mol. The second-order valence-electron chi connectivity index (χ2n) is 7.44. The summed E-state index contributed by atoms with van der Waals surface area (Å²) in [6.07, 6.45) is 4.73. The monoisotopic (exact) mass is 371 g/mol. The van der Waals surface area contributed by atoms with E-state index in [1.165, 1.54) is 25.7 Å². The molecule has 2 aromatic rings. The Morgan fingerprint density at radius 2 is 1.59 bits per heavy atom. The van der Waals surface area contributed by atoms with Crippen molar-refractivity contribution in [1.29, 1.82) is 0 Å². The van der Waals surface area contributed by atoms with E-state index in [0.717, 1.165) is 60.6 Å². The van der Waals surface area contributed by atoms with Crippen LogP contribution in [0.15, 0.2) is 23.0 Å². The fourth-order valence-electron chi connectivity index (χ4n) is 3.67. The Bertz CT molecular complexity index is 769. The molecule has 0 amide bonds. The van der Waals surface area contributed by atoms with Crippen LogP contribution in [0.3, 0.4) is 0 Å². The second-order valence-corrected chi connectivity index (χ2v) is 7.44. The first-order valence-corrected chi connectivity index (χ1v) is 10.7. The molecule has 27 heavy (non-hydrogen) atoms. The van der Waals surface area contributed by atoms with Gasteiger partial charge < -0.3 is 9.88 Å². The molecule has 4 heteroatoms. The number of nitrogens with one attached hydrogen (secondary N) is 1. The number of anilines is 1. The fraction of sp³-hybridized carbons (Fsp3) is 0.609. The number of aryl methyl sites for hydroxylation is 1. The van der Waals surface area contributed by atoms with Crippen LogP contribution in [0.4, 0.5) is 5.69 Å².